The van der Waals surface area contributed by atoms with Gasteiger partial charge in [0.1, 0.15) is 36.4 Å². The molecule has 1 heterocycles. The van der Waals surface area contributed by atoms with E-state index in [9.17, 15) is 10.1 Å². The van der Waals surface area contributed by atoms with E-state index in [1.54, 1.807) is 24.3 Å². The number of amides is 1. The lowest BCUT2D eigenvalue weighted by Crippen LogP contribution is -2.13. The number of hydrogen-bond acceptors (Lipinski definition) is 6. The minimum Gasteiger partial charge on any atom is -0.490 e. The number of anilines is 1. The first-order chi connectivity index (χ1) is 16.1. The highest BCUT2D eigenvalue weighted by Crippen LogP contribution is 2.26. The molecule has 4 rings (SSSR count). The van der Waals surface area contributed by atoms with E-state index in [1.165, 1.54) is 17.4 Å². The van der Waals surface area contributed by atoms with Crippen molar-refractivity contribution in [2.75, 3.05) is 18.5 Å². The van der Waals surface area contributed by atoms with E-state index in [4.69, 9.17) is 9.47 Å². The fourth-order valence-electron chi connectivity index (χ4n) is 3.09. The normalized spacial score (nSPS) is 11.1. The van der Waals surface area contributed by atoms with E-state index in [0.29, 0.717) is 24.1 Å². The number of thiazole rings is 1. The van der Waals surface area contributed by atoms with Gasteiger partial charge in [-0.05, 0) is 60.5 Å². The van der Waals surface area contributed by atoms with Gasteiger partial charge in [-0.1, -0.05) is 47.7 Å². The Labute approximate surface area is 195 Å². The zero-order valence-electron chi connectivity index (χ0n) is 17.9. The van der Waals surface area contributed by atoms with Gasteiger partial charge in [-0.15, -0.1) is 0 Å². The number of hydrogen-bond donors (Lipinski definition) is 1. The van der Waals surface area contributed by atoms with E-state index in [0.717, 1.165) is 27.1 Å². The summed E-state index contributed by atoms with van der Waals surface area (Å²) in [4.78, 5) is 16.9. The van der Waals surface area contributed by atoms with E-state index in [1.807, 2.05) is 61.5 Å². The molecule has 0 radical (unpaired) electrons. The smallest absolute Gasteiger partial charge is 0.268 e. The SMILES string of the molecule is Cc1cccc(OCCOc2ccc(/C=C(\C#N)C(=O)Nc3nc4ccccc4s3)cc2)c1. The summed E-state index contributed by atoms with van der Waals surface area (Å²) >= 11 is 1.36. The molecular weight excluding hydrogens is 434 g/mol. The standard InChI is InChI=1S/C26H21N3O3S/c1-18-5-4-6-22(15-18)32-14-13-31-21-11-9-19(10-12-21)16-20(17-27)25(30)29-26-28-23-7-2-3-8-24(23)33-26/h2-12,15-16H,13-14H2,1H3,(H,28,29,30)/b20-16+. The number of nitriles is 1. The molecule has 1 amide bonds. The maximum absolute atomic E-state index is 12.5. The molecule has 6 nitrogen and oxygen atoms in total. The predicted molar refractivity (Wildman–Crippen MR) is 130 cm³/mol. The minimum atomic E-state index is -0.495. The Morgan fingerprint density at radius 3 is 2.52 bits per heavy atom. The zero-order valence-corrected chi connectivity index (χ0v) is 18.8. The van der Waals surface area contributed by atoms with Crippen molar-refractivity contribution in [2.45, 2.75) is 6.92 Å². The summed E-state index contributed by atoms with van der Waals surface area (Å²) in [5.41, 5.74) is 2.66. The number of aromatic nitrogens is 1. The summed E-state index contributed by atoms with van der Waals surface area (Å²) in [5, 5.41) is 12.6. The van der Waals surface area contributed by atoms with Crippen molar-refractivity contribution in [1.29, 1.82) is 5.26 Å². The summed E-state index contributed by atoms with van der Waals surface area (Å²) in [7, 11) is 0. The molecule has 0 bridgehead atoms. The van der Waals surface area contributed by atoms with Gasteiger partial charge in [-0.2, -0.15) is 5.26 Å². The molecule has 0 spiro atoms. The van der Waals surface area contributed by atoms with E-state index in [2.05, 4.69) is 10.3 Å². The molecule has 33 heavy (non-hydrogen) atoms. The van der Waals surface area contributed by atoms with Crippen LogP contribution in [-0.4, -0.2) is 24.1 Å². The summed E-state index contributed by atoms with van der Waals surface area (Å²) in [6.45, 7) is 2.84. The molecule has 0 atom stereocenters. The average Bonchev–Trinajstić information content (AvgIpc) is 3.23. The highest BCUT2D eigenvalue weighted by molar-refractivity contribution is 7.22. The Kier molecular flexibility index (Phi) is 6.98. The van der Waals surface area contributed by atoms with Gasteiger partial charge in [0.25, 0.3) is 5.91 Å². The van der Waals surface area contributed by atoms with Crippen LogP contribution >= 0.6 is 11.3 Å². The van der Waals surface area contributed by atoms with Crippen LogP contribution in [-0.2, 0) is 4.79 Å². The van der Waals surface area contributed by atoms with Crippen LogP contribution < -0.4 is 14.8 Å². The third-order valence-corrected chi connectivity index (χ3v) is 5.63. The van der Waals surface area contributed by atoms with Gasteiger partial charge in [-0.25, -0.2) is 4.98 Å². The Bertz CT molecular complexity index is 1300. The van der Waals surface area contributed by atoms with Gasteiger partial charge in [0, 0.05) is 0 Å². The topological polar surface area (TPSA) is 84.2 Å². The number of benzene rings is 3. The van der Waals surface area contributed by atoms with Gasteiger partial charge >= 0.3 is 0 Å². The van der Waals surface area contributed by atoms with Crippen molar-refractivity contribution in [3.05, 3.63) is 89.5 Å². The Morgan fingerprint density at radius 2 is 1.79 bits per heavy atom. The molecule has 4 aromatic rings. The highest BCUT2D eigenvalue weighted by Gasteiger charge is 2.12. The first-order valence-electron chi connectivity index (χ1n) is 10.3. The van der Waals surface area contributed by atoms with Gasteiger partial charge in [0.2, 0.25) is 0 Å². The maximum atomic E-state index is 12.5. The third-order valence-electron chi connectivity index (χ3n) is 4.68. The molecule has 0 aliphatic rings. The molecule has 0 aliphatic carbocycles. The van der Waals surface area contributed by atoms with Crippen molar-refractivity contribution in [3.8, 4) is 17.6 Å². The maximum Gasteiger partial charge on any atom is 0.268 e. The summed E-state index contributed by atoms with van der Waals surface area (Å²) in [5.74, 6) is 0.995. The number of carbonyl (C=O) groups excluding carboxylic acids is 1. The Hall–Kier alpha value is -4.15. The first-order valence-corrected chi connectivity index (χ1v) is 11.1. The number of aryl methyl sites for hydroxylation is 1. The predicted octanol–water partition coefficient (Wildman–Crippen LogP) is 5.61. The van der Waals surface area contributed by atoms with Crippen LogP contribution in [0.1, 0.15) is 11.1 Å². The molecular formula is C26H21N3O3S. The van der Waals surface area contributed by atoms with E-state index in [-0.39, 0.29) is 5.57 Å². The van der Waals surface area contributed by atoms with Gasteiger partial charge < -0.3 is 9.47 Å². The Morgan fingerprint density at radius 1 is 1.03 bits per heavy atom. The number of rotatable bonds is 8. The lowest BCUT2D eigenvalue weighted by molar-refractivity contribution is -0.112. The highest BCUT2D eigenvalue weighted by atomic mass is 32.1. The second kappa shape index (κ2) is 10.4. The summed E-state index contributed by atoms with van der Waals surface area (Å²) in [6, 6.07) is 24.6. The lowest BCUT2D eigenvalue weighted by atomic mass is 10.1. The van der Waals surface area contributed by atoms with Crippen molar-refractivity contribution >= 4 is 38.7 Å². The number of nitrogens with one attached hydrogen (secondary N) is 1. The van der Waals surface area contributed by atoms with E-state index >= 15 is 0 Å². The summed E-state index contributed by atoms with van der Waals surface area (Å²) < 4.78 is 12.3. The third kappa shape index (κ3) is 5.97. The molecule has 164 valence electrons. The van der Waals surface area contributed by atoms with Gasteiger partial charge in [0.05, 0.1) is 10.2 Å². The van der Waals surface area contributed by atoms with Crippen LogP contribution in [0.25, 0.3) is 16.3 Å². The Balaban J connectivity index is 1.32. The fraction of sp³-hybridized carbons (Fsp3) is 0.115. The quantitative estimate of drug-likeness (QED) is 0.212. The largest absolute Gasteiger partial charge is 0.490 e. The van der Waals surface area contributed by atoms with Crippen LogP contribution in [0, 0.1) is 18.3 Å². The molecule has 3 aromatic carbocycles. The number of fused-ring (bicyclic) bond motifs is 1. The van der Waals surface area contributed by atoms with Crippen LogP contribution in [0.3, 0.4) is 0 Å². The molecule has 0 unspecified atom stereocenters. The van der Waals surface area contributed by atoms with Crippen LogP contribution in [0.15, 0.2) is 78.4 Å². The molecule has 0 aliphatic heterocycles. The van der Waals surface area contributed by atoms with Gasteiger partial charge in [-0.3, -0.25) is 10.1 Å². The number of ether oxygens (including phenoxy) is 2. The monoisotopic (exact) mass is 455 g/mol. The lowest BCUT2D eigenvalue weighted by Gasteiger charge is -2.09. The van der Waals surface area contributed by atoms with Crippen LogP contribution in [0.2, 0.25) is 0 Å². The molecule has 1 aromatic heterocycles. The second-order valence-corrected chi connectivity index (χ2v) is 8.22. The molecule has 0 saturated heterocycles. The van der Waals surface area contributed by atoms with Crippen molar-refractivity contribution < 1.29 is 14.3 Å². The number of para-hydroxylation sites is 1. The van der Waals surface area contributed by atoms with Crippen LogP contribution in [0.4, 0.5) is 5.13 Å². The second-order valence-electron chi connectivity index (χ2n) is 7.19. The van der Waals surface area contributed by atoms with Crippen molar-refractivity contribution in [3.63, 3.8) is 0 Å². The number of carbonyl (C=O) groups is 1. The van der Waals surface area contributed by atoms with Crippen molar-refractivity contribution in [1.82, 2.24) is 4.98 Å². The molecule has 0 saturated carbocycles. The minimum absolute atomic E-state index is 0.00511. The molecule has 7 heteroatoms. The van der Waals surface area contributed by atoms with Crippen LogP contribution in [0.5, 0.6) is 11.5 Å². The first kappa shape index (κ1) is 22.1. The van der Waals surface area contributed by atoms with Crippen molar-refractivity contribution in [2.24, 2.45) is 0 Å². The average molecular weight is 456 g/mol. The fourth-order valence-corrected chi connectivity index (χ4v) is 3.95. The summed E-state index contributed by atoms with van der Waals surface area (Å²) in [6.07, 6.45) is 1.54. The molecule has 0 fully saturated rings. The van der Waals surface area contributed by atoms with Gasteiger partial charge in [0.15, 0.2) is 5.13 Å². The number of nitrogens with zero attached hydrogens (tertiary/aromatic N) is 2. The van der Waals surface area contributed by atoms with E-state index < -0.39 is 5.91 Å². The molecule has 1 N–H and O–H groups in total. The zero-order chi connectivity index (χ0) is 23.0.